The number of nitrogens with one attached hydrogen (secondary N) is 2. The van der Waals surface area contributed by atoms with E-state index < -0.39 is 0 Å². The van der Waals surface area contributed by atoms with E-state index in [1.54, 1.807) is 6.20 Å². The molecule has 0 aliphatic carbocycles. The molecule has 20 heavy (non-hydrogen) atoms. The highest BCUT2D eigenvalue weighted by Gasteiger charge is 2.04. The van der Waals surface area contributed by atoms with Gasteiger partial charge in [-0.05, 0) is 34.7 Å². The highest BCUT2D eigenvalue weighted by molar-refractivity contribution is 9.10. The Bertz CT molecular complexity index is 387. The second kappa shape index (κ2) is 9.94. The van der Waals surface area contributed by atoms with Crippen molar-refractivity contribution in [1.29, 1.82) is 0 Å². The van der Waals surface area contributed by atoms with Gasteiger partial charge in [-0.2, -0.15) is 4.98 Å². The number of ether oxygens (including phenoxy) is 1. The van der Waals surface area contributed by atoms with E-state index in [9.17, 15) is 0 Å². The Labute approximate surface area is 130 Å². The SMILES string of the molecule is CCCNc1ncc(Br)c(NCCCOCC(C)C)n1. The predicted octanol–water partition coefficient (Wildman–Crippen LogP) is 3.54. The standard InChI is InChI=1S/C14H25BrN4O/c1-4-6-17-14-18-9-12(15)13(19-14)16-7-5-8-20-10-11(2)3/h9,11H,4-8,10H2,1-3H3,(H2,16,17,18,19). The maximum absolute atomic E-state index is 5.54. The van der Waals surface area contributed by atoms with Gasteiger partial charge in [0.15, 0.2) is 0 Å². The molecule has 114 valence electrons. The van der Waals surface area contributed by atoms with Crippen LogP contribution in [0.2, 0.25) is 0 Å². The van der Waals surface area contributed by atoms with Crippen molar-refractivity contribution in [3.63, 3.8) is 0 Å². The zero-order valence-corrected chi connectivity index (χ0v) is 14.2. The highest BCUT2D eigenvalue weighted by atomic mass is 79.9. The number of rotatable bonds is 10. The molecule has 0 aliphatic rings. The van der Waals surface area contributed by atoms with Crippen LogP contribution in [0.1, 0.15) is 33.6 Å². The molecule has 0 atom stereocenters. The van der Waals surface area contributed by atoms with Crippen molar-refractivity contribution >= 4 is 27.7 Å². The lowest BCUT2D eigenvalue weighted by atomic mass is 10.2. The summed E-state index contributed by atoms with van der Waals surface area (Å²) < 4.78 is 6.42. The van der Waals surface area contributed by atoms with Gasteiger partial charge in [0, 0.05) is 32.5 Å². The lowest BCUT2D eigenvalue weighted by Crippen LogP contribution is -2.11. The van der Waals surface area contributed by atoms with Crippen LogP contribution < -0.4 is 10.6 Å². The average Bonchev–Trinajstić information content (AvgIpc) is 2.42. The Balaban J connectivity index is 2.31. The molecule has 0 saturated heterocycles. The Kier molecular flexibility index (Phi) is 8.53. The van der Waals surface area contributed by atoms with E-state index in [0.717, 1.165) is 49.4 Å². The minimum absolute atomic E-state index is 0.589. The third-order valence-corrected chi connectivity index (χ3v) is 3.07. The Morgan fingerprint density at radius 3 is 2.80 bits per heavy atom. The fraction of sp³-hybridized carbons (Fsp3) is 0.714. The van der Waals surface area contributed by atoms with E-state index in [4.69, 9.17) is 4.74 Å². The normalized spacial score (nSPS) is 10.8. The number of hydrogen-bond acceptors (Lipinski definition) is 5. The summed E-state index contributed by atoms with van der Waals surface area (Å²) in [5.41, 5.74) is 0. The fourth-order valence-electron chi connectivity index (χ4n) is 1.51. The van der Waals surface area contributed by atoms with Gasteiger partial charge in [0.05, 0.1) is 4.47 Å². The lowest BCUT2D eigenvalue weighted by molar-refractivity contribution is 0.110. The number of halogens is 1. The zero-order chi connectivity index (χ0) is 14.8. The van der Waals surface area contributed by atoms with Gasteiger partial charge in [-0.3, -0.25) is 0 Å². The topological polar surface area (TPSA) is 59.1 Å². The highest BCUT2D eigenvalue weighted by Crippen LogP contribution is 2.19. The van der Waals surface area contributed by atoms with Gasteiger partial charge in [0.1, 0.15) is 5.82 Å². The molecular weight excluding hydrogens is 320 g/mol. The lowest BCUT2D eigenvalue weighted by Gasteiger charge is -2.10. The summed E-state index contributed by atoms with van der Waals surface area (Å²) >= 11 is 3.45. The van der Waals surface area contributed by atoms with Gasteiger partial charge in [-0.25, -0.2) is 4.98 Å². The third kappa shape index (κ3) is 7.05. The maximum atomic E-state index is 5.54. The van der Waals surface area contributed by atoms with Gasteiger partial charge in [-0.15, -0.1) is 0 Å². The van der Waals surface area contributed by atoms with Crippen molar-refractivity contribution < 1.29 is 4.74 Å². The molecule has 0 aliphatic heterocycles. The number of nitrogens with zero attached hydrogens (tertiary/aromatic N) is 2. The first-order valence-electron chi connectivity index (χ1n) is 7.21. The summed E-state index contributed by atoms with van der Waals surface area (Å²) in [7, 11) is 0. The summed E-state index contributed by atoms with van der Waals surface area (Å²) in [5.74, 6) is 2.07. The average molecular weight is 345 g/mol. The molecule has 1 heterocycles. The predicted molar refractivity (Wildman–Crippen MR) is 87.3 cm³/mol. The van der Waals surface area contributed by atoms with Crippen LogP contribution >= 0.6 is 15.9 Å². The quantitative estimate of drug-likeness (QED) is 0.635. The molecular formula is C14H25BrN4O. The second-order valence-corrected chi connectivity index (χ2v) is 5.92. The smallest absolute Gasteiger partial charge is 0.224 e. The molecule has 0 unspecified atom stereocenters. The Morgan fingerprint density at radius 2 is 2.10 bits per heavy atom. The summed E-state index contributed by atoms with van der Waals surface area (Å²) in [5, 5.41) is 6.48. The van der Waals surface area contributed by atoms with Gasteiger partial charge in [0.25, 0.3) is 0 Å². The molecule has 2 N–H and O–H groups in total. The first-order valence-corrected chi connectivity index (χ1v) is 8.00. The summed E-state index contributed by atoms with van der Waals surface area (Å²) in [6, 6.07) is 0. The van der Waals surface area contributed by atoms with Crippen LogP contribution in [-0.2, 0) is 4.74 Å². The first-order chi connectivity index (χ1) is 9.63. The van der Waals surface area contributed by atoms with Crippen molar-refractivity contribution in [2.24, 2.45) is 5.92 Å². The third-order valence-electron chi connectivity index (χ3n) is 2.49. The summed E-state index contributed by atoms with van der Waals surface area (Å²) in [4.78, 5) is 8.65. The van der Waals surface area contributed by atoms with Crippen molar-refractivity contribution in [3.8, 4) is 0 Å². The summed E-state index contributed by atoms with van der Waals surface area (Å²) in [6.07, 6.45) is 3.78. The van der Waals surface area contributed by atoms with Crippen molar-refractivity contribution in [2.75, 3.05) is 36.9 Å². The Morgan fingerprint density at radius 1 is 1.30 bits per heavy atom. The molecule has 0 radical (unpaired) electrons. The zero-order valence-electron chi connectivity index (χ0n) is 12.6. The van der Waals surface area contributed by atoms with Crippen LogP contribution in [0.3, 0.4) is 0 Å². The van der Waals surface area contributed by atoms with E-state index in [1.165, 1.54) is 0 Å². The number of anilines is 2. The molecule has 0 amide bonds. The molecule has 6 heteroatoms. The molecule has 1 aromatic rings. The second-order valence-electron chi connectivity index (χ2n) is 5.07. The minimum atomic E-state index is 0.589. The first kappa shape index (κ1) is 17.2. The van der Waals surface area contributed by atoms with Gasteiger partial charge in [-0.1, -0.05) is 20.8 Å². The van der Waals surface area contributed by atoms with Crippen LogP contribution in [0.4, 0.5) is 11.8 Å². The van der Waals surface area contributed by atoms with E-state index in [2.05, 4.69) is 57.3 Å². The Hall–Kier alpha value is -0.880. The van der Waals surface area contributed by atoms with E-state index in [-0.39, 0.29) is 0 Å². The van der Waals surface area contributed by atoms with E-state index >= 15 is 0 Å². The molecule has 0 fully saturated rings. The maximum Gasteiger partial charge on any atom is 0.224 e. The van der Waals surface area contributed by atoms with Crippen LogP contribution in [0.25, 0.3) is 0 Å². The van der Waals surface area contributed by atoms with E-state index in [0.29, 0.717) is 11.9 Å². The van der Waals surface area contributed by atoms with Crippen LogP contribution in [0.15, 0.2) is 10.7 Å². The van der Waals surface area contributed by atoms with Crippen LogP contribution in [-0.4, -0.2) is 36.3 Å². The molecule has 0 bridgehead atoms. The van der Waals surface area contributed by atoms with Crippen molar-refractivity contribution in [1.82, 2.24) is 9.97 Å². The monoisotopic (exact) mass is 344 g/mol. The molecule has 1 aromatic heterocycles. The number of aromatic nitrogens is 2. The fourth-order valence-corrected chi connectivity index (χ4v) is 1.84. The largest absolute Gasteiger partial charge is 0.381 e. The van der Waals surface area contributed by atoms with Gasteiger partial charge >= 0.3 is 0 Å². The summed E-state index contributed by atoms with van der Waals surface area (Å²) in [6.45, 7) is 9.73. The van der Waals surface area contributed by atoms with Gasteiger partial charge < -0.3 is 15.4 Å². The van der Waals surface area contributed by atoms with E-state index in [1.807, 2.05) is 0 Å². The molecule has 1 rings (SSSR count). The molecule has 0 saturated carbocycles. The van der Waals surface area contributed by atoms with Crippen LogP contribution in [0, 0.1) is 5.92 Å². The van der Waals surface area contributed by atoms with Crippen molar-refractivity contribution in [3.05, 3.63) is 10.7 Å². The van der Waals surface area contributed by atoms with Crippen molar-refractivity contribution in [2.45, 2.75) is 33.6 Å². The molecule has 0 aromatic carbocycles. The minimum Gasteiger partial charge on any atom is -0.381 e. The number of hydrogen-bond donors (Lipinski definition) is 2. The molecule has 5 nitrogen and oxygen atoms in total. The molecule has 0 spiro atoms. The van der Waals surface area contributed by atoms with Crippen LogP contribution in [0.5, 0.6) is 0 Å². The van der Waals surface area contributed by atoms with Gasteiger partial charge in [0.2, 0.25) is 5.95 Å².